The highest BCUT2D eigenvalue weighted by atomic mass is 16.5. The van der Waals surface area contributed by atoms with Gasteiger partial charge in [-0.3, -0.25) is 4.79 Å². The van der Waals surface area contributed by atoms with Crippen LogP contribution in [-0.4, -0.2) is 36.6 Å². The van der Waals surface area contributed by atoms with Crippen molar-refractivity contribution in [1.82, 2.24) is 4.90 Å². The summed E-state index contributed by atoms with van der Waals surface area (Å²) in [5.74, 6) is 0.689. The van der Waals surface area contributed by atoms with Crippen molar-refractivity contribution in [3.8, 4) is 6.07 Å². The van der Waals surface area contributed by atoms with Gasteiger partial charge in [-0.2, -0.15) is 5.26 Å². The van der Waals surface area contributed by atoms with Gasteiger partial charge in [-0.05, 0) is 12.3 Å². The molecular formula is C11H18N2O2. The second-order valence-electron chi connectivity index (χ2n) is 4.26. The molecule has 0 aliphatic carbocycles. The van der Waals surface area contributed by atoms with Crippen LogP contribution in [0.15, 0.2) is 0 Å². The molecule has 15 heavy (non-hydrogen) atoms. The summed E-state index contributed by atoms with van der Waals surface area (Å²) >= 11 is 0. The summed E-state index contributed by atoms with van der Waals surface area (Å²) in [5, 5.41) is 8.70. The SMILES string of the molecule is CC(C)CCC(=O)N1CCOC(C#N)C1. The Kier molecular flexibility index (Phi) is 4.57. The van der Waals surface area contributed by atoms with E-state index in [0.717, 1.165) is 6.42 Å². The van der Waals surface area contributed by atoms with Crippen molar-refractivity contribution in [3.63, 3.8) is 0 Å². The molecule has 0 bridgehead atoms. The van der Waals surface area contributed by atoms with Crippen LogP contribution in [0, 0.1) is 17.2 Å². The van der Waals surface area contributed by atoms with Crippen LogP contribution < -0.4 is 0 Å². The van der Waals surface area contributed by atoms with Crippen LogP contribution in [0.4, 0.5) is 0 Å². The van der Waals surface area contributed by atoms with Crippen molar-refractivity contribution < 1.29 is 9.53 Å². The molecule has 0 saturated carbocycles. The Morgan fingerprint density at radius 1 is 1.67 bits per heavy atom. The van der Waals surface area contributed by atoms with E-state index in [0.29, 0.717) is 32.0 Å². The molecule has 0 aromatic rings. The Labute approximate surface area is 90.8 Å². The third-order valence-corrected chi connectivity index (χ3v) is 2.50. The van der Waals surface area contributed by atoms with Crippen LogP contribution in [0.5, 0.6) is 0 Å². The summed E-state index contributed by atoms with van der Waals surface area (Å²) in [6.45, 7) is 5.73. The highest BCUT2D eigenvalue weighted by molar-refractivity contribution is 5.76. The lowest BCUT2D eigenvalue weighted by Crippen LogP contribution is -2.45. The number of carbonyl (C=O) groups excluding carboxylic acids is 1. The third-order valence-electron chi connectivity index (χ3n) is 2.50. The quantitative estimate of drug-likeness (QED) is 0.702. The Morgan fingerprint density at radius 3 is 3.00 bits per heavy atom. The van der Waals surface area contributed by atoms with Gasteiger partial charge in [0, 0.05) is 13.0 Å². The van der Waals surface area contributed by atoms with E-state index in [9.17, 15) is 4.79 Å². The molecular weight excluding hydrogens is 192 g/mol. The topological polar surface area (TPSA) is 53.3 Å². The predicted octanol–water partition coefficient (Wildman–Crippen LogP) is 1.17. The summed E-state index contributed by atoms with van der Waals surface area (Å²) in [7, 11) is 0. The minimum atomic E-state index is -0.443. The van der Waals surface area contributed by atoms with Crippen molar-refractivity contribution in [2.24, 2.45) is 5.92 Å². The van der Waals surface area contributed by atoms with Gasteiger partial charge in [0.05, 0.1) is 19.2 Å². The number of amides is 1. The van der Waals surface area contributed by atoms with E-state index in [-0.39, 0.29) is 5.91 Å². The summed E-state index contributed by atoms with van der Waals surface area (Å²) in [6.07, 6.45) is 1.05. The Bertz CT molecular complexity index is 258. The number of morpholine rings is 1. The van der Waals surface area contributed by atoms with E-state index in [1.807, 2.05) is 6.07 Å². The molecule has 4 nitrogen and oxygen atoms in total. The van der Waals surface area contributed by atoms with Crippen LogP contribution >= 0.6 is 0 Å². The number of rotatable bonds is 3. The van der Waals surface area contributed by atoms with Gasteiger partial charge in [-0.25, -0.2) is 0 Å². The molecule has 0 aromatic carbocycles. The van der Waals surface area contributed by atoms with Gasteiger partial charge in [0.2, 0.25) is 5.91 Å². The molecule has 84 valence electrons. The molecule has 1 fully saturated rings. The number of hydrogen-bond donors (Lipinski definition) is 0. The van der Waals surface area contributed by atoms with Crippen molar-refractivity contribution >= 4 is 5.91 Å². The first kappa shape index (κ1) is 12.0. The van der Waals surface area contributed by atoms with Gasteiger partial charge in [-0.15, -0.1) is 0 Å². The van der Waals surface area contributed by atoms with Crippen molar-refractivity contribution in [3.05, 3.63) is 0 Å². The molecule has 0 aromatic heterocycles. The van der Waals surface area contributed by atoms with Gasteiger partial charge in [0.15, 0.2) is 6.10 Å². The monoisotopic (exact) mass is 210 g/mol. The fraction of sp³-hybridized carbons (Fsp3) is 0.818. The zero-order valence-electron chi connectivity index (χ0n) is 9.40. The maximum Gasteiger partial charge on any atom is 0.222 e. The Hall–Kier alpha value is -1.08. The standard InChI is InChI=1S/C11H18N2O2/c1-9(2)3-4-11(14)13-5-6-15-10(7-12)8-13/h9-10H,3-6,8H2,1-2H3. The first-order chi connectivity index (χ1) is 7.13. The van der Waals surface area contributed by atoms with Gasteiger partial charge in [-0.1, -0.05) is 13.8 Å². The minimum Gasteiger partial charge on any atom is -0.360 e. The molecule has 1 heterocycles. The first-order valence-electron chi connectivity index (χ1n) is 5.42. The molecule has 0 radical (unpaired) electrons. The van der Waals surface area contributed by atoms with Gasteiger partial charge in [0.1, 0.15) is 0 Å². The normalized spacial score (nSPS) is 21.5. The van der Waals surface area contributed by atoms with Crippen molar-refractivity contribution in [1.29, 1.82) is 5.26 Å². The van der Waals surface area contributed by atoms with Crippen LogP contribution in [0.25, 0.3) is 0 Å². The number of nitrogens with zero attached hydrogens (tertiary/aromatic N) is 2. The van der Waals surface area contributed by atoms with Crippen LogP contribution in [0.3, 0.4) is 0 Å². The fourth-order valence-corrected chi connectivity index (χ4v) is 1.52. The smallest absolute Gasteiger partial charge is 0.222 e. The first-order valence-corrected chi connectivity index (χ1v) is 5.42. The Morgan fingerprint density at radius 2 is 2.40 bits per heavy atom. The number of nitriles is 1. The lowest BCUT2D eigenvalue weighted by atomic mass is 10.1. The molecule has 1 aliphatic heterocycles. The van der Waals surface area contributed by atoms with E-state index in [4.69, 9.17) is 10.00 Å². The number of hydrogen-bond acceptors (Lipinski definition) is 3. The van der Waals surface area contributed by atoms with Gasteiger partial charge in [0.25, 0.3) is 0 Å². The van der Waals surface area contributed by atoms with E-state index in [2.05, 4.69) is 13.8 Å². The lowest BCUT2D eigenvalue weighted by molar-refractivity contribution is -0.137. The molecule has 1 atom stereocenters. The number of ether oxygens (including phenoxy) is 1. The van der Waals surface area contributed by atoms with Crippen LogP contribution in [0.2, 0.25) is 0 Å². The fourth-order valence-electron chi connectivity index (χ4n) is 1.52. The van der Waals surface area contributed by atoms with Crippen molar-refractivity contribution in [2.75, 3.05) is 19.7 Å². The van der Waals surface area contributed by atoms with Crippen LogP contribution in [0.1, 0.15) is 26.7 Å². The highest BCUT2D eigenvalue weighted by Crippen LogP contribution is 2.10. The minimum absolute atomic E-state index is 0.146. The lowest BCUT2D eigenvalue weighted by Gasteiger charge is -2.30. The molecule has 1 unspecified atom stereocenters. The molecule has 0 N–H and O–H groups in total. The van der Waals surface area contributed by atoms with Crippen molar-refractivity contribution in [2.45, 2.75) is 32.8 Å². The Balaban J connectivity index is 2.36. The average molecular weight is 210 g/mol. The van der Waals surface area contributed by atoms with Gasteiger partial charge >= 0.3 is 0 Å². The molecule has 1 rings (SSSR count). The predicted molar refractivity (Wildman–Crippen MR) is 56.0 cm³/mol. The average Bonchev–Trinajstić information content (AvgIpc) is 2.26. The zero-order chi connectivity index (χ0) is 11.3. The highest BCUT2D eigenvalue weighted by Gasteiger charge is 2.23. The van der Waals surface area contributed by atoms with Gasteiger partial charge < -0.3 is 9.64 Å². The van der Waals surface area contributed by atoms with E-state index in [1.54, 1.807) is 4.90 Å². The summed E-state index contributed by atoms with van der Waals surface area (Å²) in [4.78, 5) is 13.5. The molecule has 0 spiro atoms. The maximum atomic E-state index is 11.7. The second-order valence-corrected chi connectivity index (χ2v) is 4.26. The van der Waals surface area contributed by atoms with E-state index >= 15 is 0 Å². The summed E-state index contributed by atoms with van der Waals surface area (Å²) in [6, 6.07) is 2.04. The molecule has 1 saturated heterocycles. The van der Waals surface area contributed by atoms with Crippen LogP contribution in [-0.2, 0) is 9.53 Å². The van der Waals surface area contributed by atoms with E-state index in [1.165, 1.54) is 0 Å². The molecule has 4 heteroatoms. The second kappa shape index (κ2) is 5.72. The molecule has 1 aliphatic rings. The number of carbonyl (C=O) groups is 1. The largest absolute Gasteiger partial charge is 0.360 e. The maximum absolute atomic E-state index is 11.7. The zero-order valence-corrected chi connectivity index (χ0v) is 9.40. The summed E-state index contributed by atoms with van der Waals surface area (Å²) < 4.78 is 5.18. The summed E-state index contributed by atoms with van der Waals surface area (Å²) in [5.41, 5.74) is 0. The molecule has 1 amide bonds. The third kappa shape index (κ3) is 3.88. The van der Waals surface area contributed by atoms with E-state index < -0.39 is 6.10 Å².